The topological polar surface area (TPSA) is 103 Å². The molecule has 2 aromatic heterocycles. The largest absolute Gasteiger partial charge is 0.422 e. The lowest BCUT2D eigenvalue weighted by Crippen LogP contribution is -2.55. The number of halogens is 1. The second-order valence-electron chi connectivity index (χ2n) is 12.1. The van der Waals surface area contributed by atoms with Crippen LogP contribution in [0.5, 0.6) is 0 Å². The lowest BCUT2D eigenvalue weighted by Gasteiger charge is -2.42. The zero-order valence-electron chi connectivity index (χ0n) is 25.6. The third kappa shape index (κ3) is 5.07. The number of hydrogen-bond donors (Lipinski definition) is 0. The summed E-state index contributed by atoms with van der Waals surface area (Å²) in [5, 5.41) is 2.68. The van der Waals surface area contributed by atoms with Crippen LogP contribution < -0.4 is 4.31 Å². The Morgan fingerprint density at radius 2 is 1.76 bits per heavy atom. The van der Waals surface area contributed by atoms with Crippen LogP contribution in [0.4, 0.5) is 10.5 Å². The van der Waals surface area contributed by atoms with Crippen molar-refractivity contribution in [2.75, 3.05) is 50.6 Å². The Morgan fingerprint density at radius 3 is 2.48 bits per heavy atom. The van der Waals surface area contributed by atoms with Crippen LogP contribution in [0.25, 0.3) is 10.9 Å². The minimum atomic E-state index is -4.53. The van der Waals surface area contributed by atoms with Crippen LogP contribution in [0.15, 0.2) is 71.1 Å². The molecule has 10 nitrogen and oxygen atoms in total. The summed E-state index contributed by atoms with van der Waals surface area (Å²) in [5.41, 5.74) is -0.861. The molecule has 1 unspecified atom stereocenters. The monoisotopic (exact) mass is 679 g/mol. The highest BCUT2D eigenvalue weighted by Crippen LogP contribution is 2.52. The maximum absolute atomic E-state index is 14.9. The van der Waals surface area contributed by atoms with Gasteiger partial charge in [-0.1, -0.05) is 29.8 Å². The number of anilines is 1. The summed E-state index contributed by atoms with van der Waals surface area (Å²) in [5.74, 6) is -0.901. The van der Waals surface area contributed by atoms with Crippen LogP contribution in [0.1, 0.15) is 28.8 Å². The zero-order valence-corrected chi connectivity index (χ0v) is 27.9. The van der Waals surface area contributed by atoms with Gasteiger partial charge in [-0.3, -0.25) is 14.7 Å². The Balaban J connectivity index is 1.27. The van der Waals surface area contributed by atoms with Gasteiger partial charge in [0.1, 0.15) is 4.90 Å². The van der Waals surface area contributed by atoms with E-state index in [4.69, 9.17) is 16.3 Å². The van der Waals surface area contributed by atoms with Crippen molar-refractivity contribution in [2.45, 2.75) is 36.3 Å². The van der Waals surface area contributed by atoms with Crippen molar-refractivity contribution in [1.29, 1.82) is 0 Å². The molecule has 3 aliphatic heterocycles. The average Bonchev–Trinajstić information content (AvgIpc) is 3.59. The number of piperidine rings is 1. The summed E-state index contributed by atoms with van der Waals surface area (Å²) in [6.45, 7) is 6.17. The maximum Gasteiger partial charge on any atom is 0.411 e. The highest BCUT2D eigenvalue weighted by molar-refractivity contribution is 7.93. The average molecular weight is 680 g/mol. The SMILES string of the molecule is Cc1ccsc1C1(OC(=O)N2CCN(C3CCN(C)CC3)CC2)C(=O)N(S(=O)(=O)c2cccc3cccnc23)c2ccc(Cl)cc21. The van der Waals surface area contributed by atoms with Gasteiger partial charge < -0.3 is 14.5 Å². The van der Waals surface area contributed by atoms with Gasteiger partial charge in [-0.05, 0) is 87.2 Å². The van der Waals surface area contributed by atoms with Gasteiger partial charge in [-0.15, -0.1) is 11.3 Å². The fourth-order valence-corrected chi connectivity index (χ4v) is 9.75. The number of amides is 2. The Morgan fingerprint density at radius 1 is 1.02 bits per heavy atom. The first-order chi connectivity index (χ1) is 22.1. The van der Waals surface area contributed by atoms with Gasteiger partial charge in [0.15, 0.2) is 0 Å². The lowest BCUT2D eigenvalue weighted by atomic mass is 9.91. The van der Waals surface area contributed by atoms with Crippen molar-refractivity contribution in [1.82, 2.24) is 19.7 Å². The van der Waals surface area contributed by atoms with Crippen LogP contribution >= 0.6 is 22.9 Å². The summed E-state index contributed by atoms with van der Waals surface area (Å²) in [7, 11) is -2.40. The van der Waals surface area contributed by atoms with Gasteiger partial charge in [0, 0.05) is 54.4 Å². The molecule has 5 heterocycles. The number of sulfonamides is 1. The highest BCUT2D eigenvalue weighted by Gasteiger charge is 2.61. The summed E-state index contributed by atoms with van der Waals surface area (Å²) in [6, 6.07) is 15.1. The molecule has 0 saturated carbocycles. The standard InChI is InChI=1S/C33H34ClN5O5S2/c1-22-12-20-45-30(22)33(44-32(41)38-18-16-37(17-19-38)25-10-14-36(2)15-11-25)26-21-24(34)8-9-27(26)39(31(33)40)46(42,43)28-7-3-5-23-6-4-13-35-29(23)28/h3-9,12-13,20-21,25H,10-11,14-19H2,1-2H3. The number of nitrogens with zero attached hydrogens (tertiary/aromatic N) is 5. The number of aryl methyl sites for hydroxylation is 1. The minimum absolute atomic E-state index is 0.0787. The van der Waals surface area contributed by atoms with Crippen LogP contribution in [-0.2, 0) is 25.2 Å². The number of benzene rings is 2. The van der Waals surface area contributed by atoms with Gasteiger partial charge in [-0.2, -0.15) is 4.31 Å². The molecule has 0 spiro atoms. The second-order valence-corrected chi connectivity index (χ2v) is 15.2. The normalized spacial score (nSPS) is 21.6. The molecule has 2 aromatic carbocycles. The molecule has 2 amide bonds. The van der Waals surface area contributed by atoms with Crippen LogP contribution in [-0.4, -0.2) is 92.5 Å². The molecular weight excluding hydrogens is 646 g/mol. The number of rotatable bonds is 5. The first-order valence-corrected chi connectivity index (χ1v) is 18.0. The number of para-hydroxylation sites is 1. The molecule has 0 N–H and O–H groups in total. The van der Waals surface area contributed by atoms with Crippen molar-refractivity contribution in [3.8, 4) is 0 Å². The Kier molecular flexibility index (Phi) is 8.05. The maximum atomic E-state index is 14.9. The molecule has 1 atom stereocenters. The molecule has 0 bridgehead atoms. The van der Waals surface area contributed by atoms with Crippen LogP contribution in [0, 0.1) is 6.92 Å². The van der Waals surface area contributed by atoms with E-state index in [2.05, 4.69) is 21.8 Å². The fraction of sp³-hybridized carbons (Fsp3) is 0.364. The Labute approximate surface area is 277 Å². The molecule has 2 saturated heterocycles. The van der Waals surface area contributed by atoms with E-state index in [9.17, 15) is 18.0 Å². The minimum Gasteiger partial charge on any atom is -0.422 e. The Bertz CT molecular complexity index is 1930. The van der Waals surface area contributed by atoms with Crippen molar-refractivity contribution in [2.24, 2.45) is 0 Å². The highest BCUT2D eigenvalue weighted by atomic mass is 35.5. The van der Waals surface area contributed by atoms with Crippen molar-refractivity contribution >= 4 is 61.6 Å². The van der Waals surface area contributed by atoms with Crippen LogP contribution in [0.3, 0.4) is 0 Å². The van der Waals surface area contributed by atoms with Crippen molar-refractivity contribution in [3.63, 3.8) is 0 Å². The zero-order chi connectivity index (χ0) is 32.2. The summed E-state index contributed by atoms with van der Waals surface area (Å²) in [6.07, 6.45) is 3.00. The Hall–Kier alpha value is -3.55. The predicted molar refractivity (Wildman–Crippen MR) is 178 cm³/mol. The number of thiophene rings is 1. The molecule has 13 heteroatoms. The molecule has 4 aromatic rings. The number of likely N-dealkylation sites (tertiary alicyclic amines) is 1. The molecule has 0 radical (unpaired) electrons. The third-order valence-electron chi connectivity index (χ3n) is 9.36. The lowest BCUT2D eigenvalue weighted by molar-refractivity contribution is -0.132. The number of carbonyl (C=O) groups is 2. The van der Waals surface area contributed by atoms with E-state index in [1.807, 2.05) is 13.0 Å². The number of pyridine rings is 1. The molecule has 0 aliphatic carbocycles. The van der Waals surface area contributed by atoms with E-state index in [0.717, 1.165) is 30.2 Å². The van der Waals surface area contributed by atoms with E-state index >= 15 is 0 Å². The van der Waals surface area contributed by atoms with Gasteiger partial charge in [0.05, 0.1) is 16.1 Å². The van der Waals surface area contributed by atoms with Gasteiger partial charge in [0.25, 0.3) is 21.5 Å². The smallest absolute Gasteiger partial charge is 0.411 e. The quantitative estimate of drug-likeness (QED) is 0.288. The number of piperazine rings is 1. The van der Waals surface area contributed by atoms with E-state index in [0.29, 0.717) is 48.0 Å². The first-order valence-electron chi connectivity index (χ1n) is 15.3. The van der Waals surface area contributed by atoms with E-state index in [1.165, 1.54) is 41.8 Å². The summed E-state index contributed by atoms with van der Waals surface area (Å²) in [4.78, 5) is 39.9. The van der Waals surface area contributed by atoms with E-state index < -0.39 is 27.6 Å². The predicted octanol–water partition coefficient (Wildman–Crippen LogP) is 5.09. The van der Waals surface area contributed by atoms with Crippen LogP contribution in [0.2, 0.25) is 5.02 Å². The summed E-state index contributed by atoms with van der Waals surface area (Å²) >= 11 is 7.73. The molecule has 7 rings (SSSR count). The molecule has 240 valence electrons. The number of fused-ring (bicyclic) bond motifs is 2. The first kappa shape index (κ1) is 31.1. The molecule has 46 heavy (non-hydrogen) atoms. The third-order valence-corrected chi connectivity index (χ3v) is 12.4. The molecule has 2 fully saturated rings. The summed E-state index contributed by atoms with van der Waals surface area (Å²) < 4.78 is 36.1. The van der Waals surface area contributed by atoms with Gasteiger partial charge >= 0.3 is 6.09 Å². The van der Waals surface area contributed by atoms with E-state index in [-0.39, 0.29) is 26.7 Å². The number of aromatic nitrogens is 1. The molecule has 3 aliphatic rings. The number of ether oxygens (including phenoxy) is 1. The van der Waals surface area contributed by atoms with Crippen molar-refractivity contribution in [3.05, 3.63) is 87.2 Å². The van der Waals surface area contributed by atoms with E-state index in [1.54, 1.807) is 34.5 Å². The van der Waals surface area contributed by atoms with Gasteiger partial charge in [-0.25, -0.2) is 13.2 Å². The van der Waals surface area contributed by atoms with Crippen molar-refractivity contribution < 1.29 is 22.7 Å². The number of carbonyl (C=O) groups excluding carboxylic acids is 2. The molecular formula is C33H34ClN5O5S2. The fourth-order valence-electron chi connectivity index (χ4n) is 6.88. The second kappa shape index (κ2) is 11.9. The number of hydrogen-bond acceptors (Lipinski definition) is 9. The van der Waals surface area contributed by atoms with Gasteiger partial charge in [0.2, 0.25) is 0 Å².